The lowest BCUT2D eigenvalue weighted by Crippen LogP contribution is -2.09. The number of allylic oxidation sites excluding steroid dienone is 1. The summed E-state index contributed by atoms with van der Waals surface area (Å²) in [6, 6.07) is 13.2. The minimum absolute atomic E-state index is 0.256. The molecule has 2 aromatic carbocycles. The number of hydrogen-bond acceptors (Lipinski definition) is 2. The minimum atomic E-state index is -0.333. The Morgan fingerprint density at radius 2 is 1.86 bits per heavy atom. The van der Waals surface area contributed by atoms with Crippen LogP contribution in [0.2, 0.25) is 5.02 Å². The van der Waals surface area contributed by atoms with Crippen LogP contribution in [0.3, 0.4) is 0 Å². The number of nitriles is 1. The number of hydrogen-bond donors (Lipinski definition) is 0. The number of halogens is 2. The molecule has 2 aromatic rings. The van der Waals surface area contributed by atoms with Crippen LogP contribution in [-0.4, -0.2) is 0 Å². The van der Waals surface area contributed by atoms with E-state index in [1.54, 1.807) is 30.3 Å². The Labute approximate surface area is 126 Å². The van der Waals surface area contributed by atoms with E-state index >= 15 is 0 Å². The van der Waals surface area contributed by atoms with Crippen LogP contribution in [0.1, 0.15) is 11.1 Å². The largest absolute Gasteiger partial charge is 0.456 e. The quantitative estimate of drug-likeness (QED) is 0.763. The Morgan fingerprint density at radius 1 is 1.14 bits per heavy atom. The molecule has 1 aliphatic rings. The molecule has 0 aliphatic carbocycles. The summed E-state index contributed by atoms with van der Waals surface area (Å²) in [5, 5.41) is 9.91. The zero-order chi connectivity index (χ0) is 15.0. The van der Waals surface area contributed by atoms with E-state index in [0.717, 1.165) is 11.1 Å². The highest BCUT2D eigenvalue weighted by Gasteiger charge is 2.24. The lowest BCUT2D eigenvalue weighted by Gasteiger charge is -2.22. The van der Waals surface area contributed by atoms with Gasteiger partial charge in [0.2, 0.25) is 0 Å². The first-order valence-corrected chi connectivity index (χ1v) is 6.55. The van der Waals surface area contributed by atoms with Crippen molar-refractivity contribution in [1.82, 2.24) is 0 Å². The topological polar surface area (TPSA) is 33.0 Å². The predicted octanol–water partition coefficient (Wildman–Crippen LogP) is 4.71. The van der Waals surface area contributed by atoms with Crippen LogP contribution in [0.5, 0.6) is 5.75 Å². The Hall–Kier alpha value is -2.57. The molecule has 21 heavy (non-hydrogen) atoms. The van der Waals surface area contributed by atoms with E-state index in [9.17, 15) is 9.65 Å². The molecule has 0 spiro atoms. The molecular weight excluding hydrogens is 289 g/mol. The third kappa shape index (κ3) is 2.31. The highest BCUT2D eigenvalue weighted by atomic mass is 35.5. The standard InChI is InChI=1S/C17H9ClFNO/c1-10-15(9-20)17(11-2-5-13(19)6-3-11)14-7-4-12(18)8-16(14)21-10/h2-8H,1H2. The van der Waals surface area contributed by atoms with Crippen LogP contribution < -0.4 is 4.74 Å². The lowest BCUT2D eigenvalue weighted by molar-refractivity contribution is 0.436. The van der Waals surface area contributed by atoms with Gasteiger partial charge in [-0.1, -0.05) is 30.3 Å². The average molecular weight is 298 g/mol. The fourth-order valence-electron chi connectivity index (χ4n) is 2.28. The molecule has 3 rings (SSSR count). The summed E-state index contributed by atoms with van der Waals surface area (Å²) in [4.78, 5) is 0. The van der Waals surface area contributed by atoms with Gasteiger partial charge in [0.05, 0.1) is 0 Å². The minimum Gasteiger partial charge on any atom is -0.456 e. The van der Waals surface area contributed by atoms with Gasteiger partial charge in [-0.25, -0.2) is 4.39 Å². The van der Waals surface area contributed by atoms with Crippen molar-refractivity contribution < 1.29 is 9.13 Å². The van der Waals surface area contributed by atoms with Crippen LogP contribution in [-0.2, 0) is 0 Å². The highest BCUT2D eigenvalue weighted by molar-refractivity contribution is 6.30. The van der Waals surface area contributed by atoms with Gasteiger partial charge in [-0.15, -0.1) is 0 Å². The summed E-state index contributed by atoms with van der Waals surface area (Å²) in [5.41, 5.74) is 2.45. The molecule has 1 heterocycles. The third-order valence-electron chi connectivity index (χ3n) is 3.22. The molecule has 0 saturated heterocycles. The van der Waals surface area contributed by atoms with E-state index in [0.29, 0.717) is 21.9 Å². The zero-order valence-corrected chi connectivity index (χ0v) is 11.6. The van der Waals surface area contributed by atoms with E-state index < -0.39 is 0 Å². The van der Waals surface area contributed by atoms with Gasteiger partial charge in [-0.2, -0.15) is 5.26 Å². The summed E-state index contributed by atoms with van der Waals surface area (Å²) in [6.45, 7) is 3.77. The van der Waals surface area contributed by atoms with Crippen molar-refractivity contribution in [2.45, 2.75) is 0 Å². The summed E-state index contributed by atoms with van der Waals surface area (Å²) in [6.07, 6.45) is 0. The van der Waals surface area contributed by atoms with Crippen LogP contribution >= 0.6 is 11.6 Å². The van der Waals surface area contributed by atoms with Crippen LogP contribution in [0.25, 0.3) is 5.57 Å². The highest BCUT2D eigenvalue weighted by Crippen LogP contribution is 2.41. The van der Waals surface area contributed by atoms with E-state index in [1.807, 2.05) is 0 Å². The van der Waals surface area contributed by atoms with Gasteiger partial charge in [-0.3, -0.25) is 0 Å². The first-order valence-electron chi connectivity index (χ1n) is 6.17. The zero-order valence-electron chi connectivity index (χ0n) is 10.9. The molecule has 0 amide bonds. The van der Waals surface area contributed by atoms with Gasteiger partial charge in [0.1, 0.15) is 29.0 Å². The SMILES string of the molecule is C=C1Oc2cc(Cl)ccc2C(c2ccc(F)cc2)=C1C#N. The smallest absolute Gasteiger partial charge is 0.138 e. The first-order chi connectivity index (χ1) is 10.1. The van der Waals surface area contributed by atoms with Gasteiger partial charge >= 0.3 is 0 Å². The second-order valence-electron chi connectivity index (χ2n) is 4.53. The molecule has 0 N–H and O–H groups in total. The van der Waals surface area contributed by atoms with E-state index in [1.165, 1.54) is 12.1 Å². The second-order valence-corrected chi connectivity index (χ2v) is 4.97. The van der Waals surface area contributed by atoms with Crippen LogP contribution in [0.15, 0.2) is 60.4 Å². The number of rotatable bonds is 1. The van der Waals surface area contributed by atoms with E-state index in [4.69, 9.17) is 16.3 Å². The Bertz CT molecular complexity index is 816. The molecule has 102 valence electrons. The van der Waals surface area contributed by atoms with Gasteiger partial charge in [0.25, 0.3) is 0 Å². The number of fused-ring (bicyclic) bond motifs is 1. The molecule has 0 saturated carbocycles. The molecule has 0 aromatic heterocycles. The normalized spacial score (nSPS) is 13.5. The Kier molecular flexibility index (Phi) is 3.25. The maximum absolute atomic E-state index is 13.1. The van der Waals surface area contributed by atoms with Crippen molar-refractivity contribution in [3.63, 3.8) is 0 Å². The van der Waals surface area contributed by atoms with E-state index in [2.05, 4.69) is 12.6 Å². The maximum atomic E-state index is 13.1. The van der Waals surface area contributed by atoms with Crippen molar-refractivity contribution >= 4 is 17.2 Å². The molecule has 0 fully saturated rings. The molecule has 0 atom stereocenters. The molecule has 0 radical (unpaired) electrons. The van der Waals surface area contributed by atoms with Crippen molar-refractivity contribution in [1.29, 1.82) is 5.26 Å². The van der Waals surface area contributed by atoms with Crippen LogP contribution in [0, 0.1) is 17.1 Å². The summed E-state index contributed by atoms with van der Waals surface area (Å²) < 4.78 is 18.7. The van der Waals surface area contributed by atoms with Gasteiger partial charge < -0.3 is 4.74 Å². The summed E-state index contributed by atoms with van der Waals surface area (Å²) >= 11 is 5.97. The predicted molar refractivity (Wildman–Crippen MR) is 79.3 cm³/mol. The monoisotopic (exact) mass is 297 g/mol. The van der Waals surface area contributed by atoms with Crippen molar-refractivity contribution in [2.24, 2.45) is 0 Å². The van der Waals surface area contributed by atoms with Gasteiger partial charge in [0, 0.05) is 22.2 Å². The second kappa shape index (κ2) is 5.08. The number of nitrogens with zero attached hydrogens (tertiary/aromatic N) is 1. The lowest BCUT2D eigenvalue weighted by atomic mass is 9.90. The molecule has 4 heteroatoms. The number of benzene rings is 2. The van der Waals surface area contributed by atoms with Crippen LogP contribution in [0.4, 0.5) is 4.39 Å². The fourth-order valence-corrected chi connectivity index (χ4v) is 2.44. The van der Waals surface area contributed by atoms with Crippen molar-refractivity contribution in [3.8, 4) is 11.8 Å². The first kappa shape index (κ1) is 13.4. The molecule has 1 aliphatic heterocycles. The van der Waals surface area contributed by atoms with E-state index in [-0.39, 0.29) is 11.6 Å². The average Bonchev–Trinajstić information content (AvgIpc) is 2.46. The Balaban J connectivity index is 2.30. The van der Waals surface area contributed by atoms with Crippen molar-refractivity contribution in [2.75, 3.05) is 0 Å². The number of ether oxygens (including phenoxy) is 1. The third-order valence-corrected chi connectivity index (χ3v) is 3.45. The molecule has 0 unspecified atom stereocenters. The summed E-state index contributed by atoms with van der Waals surface area (Å²) in [7, 11) is 0. The molecule has 0 bridgehead atoms. The van der Waals surface area contributed by atoms with Crippen molar-refractivity contribution in [3.05, 3.63) is 82.3 Å². The Morgan fingerprint density at radius 3 is 2.52 bits per heavy atom. The molecular formula is C17H9ClFNO. The molecule has 2 nitrogen and oxygen atoms in total. The fraction of sp³-hybridized carbons (Fsp3) is 0. The van der Waals surface area contributed by atoms with Gasteiger partial charge in [0.15, 0.2) is 0 Å². The maximum Gasteiger partial charge on any atom is 0.138 e. The summed E-state index contributed by atoms with van der Waals surface area (Å²) in [5.74, 6) is 0.456. The van der Waals surface area contributed by atoms with Gasteiger partial charge in [-0.05, 0) is 29.8 Å².